The number of hydrogen-bond donors (Lipinski definition) is 0. The van der Waals surface area contributed by atoms with Crippen molar-refractivity contribution in [2.45, 2.75) is 66.0 Å². The summed E-state index contributed by atoms with van der Waals surface area (Å²) in [5.74, 6) is 0. The van der Waals surface area contributed by atoms with Crippen LogP contribution in [0.3, 0.4) is 0 Å². The molecular weight excluding hydrogens is 322 g/mol. The van der Waals surface area contributed by atoms with E-state index in [9.17, 15) is 0 Å². The smallest absolute Gasteiger partial charge is 0.353 e. The maximum absolute atomic E-state index is 5.26. The molecule has 0 aromatic carbocycles. The maximum atomic E-state index is 5.26. The van der Waals surface area contributed by atoms with Crippen LogP contribution in [0.25, 0.3) is 0 Å². The van der Waals surface area contributed by atoms with Crippen LogP contribution in [0.1, 0.15) is 53.4 Å². The van der Waals surface area contributed by atoms with Gasteiger partial charge in [0.2, 0.25) is 0 Å². The van der Waals surface area contributed by atoms with Gasteiger partial charge in [0.05, 0.1) is 0 Å². The summed E-state index contributed by atoms with van der Waals surface area (Å²) in [6, 6.07) is 0. The molecule has 124 valence electrons. The molecule has 5 heteroatoms. The van der Waals surface area contributed by atoms with Crippen molar-refractivity contribution in [1.82, 2.24) is 0 Å². The number of hydrogen-bond acceptors (Lipinski definition) is 4. The molecule has 0 saturated carbocycles. The van der Waals surface area contributed by atoms with Gasteiger partial charge in [-0.3, -0.25) is 0 Å². The second kappa shape index (κ2) is 22.7. The average Bonchev–Trinajstić information content (AvgIpc) is 2.41. The third-order valence-electron chi connectivity index (χ3n) is 2.29. The molecule has 0 heterocycles. The van der Waals surface area contributed by atoms with E-state index in [1.807, 2.05) is 27.7 Å². The summed E-state index contributed by atoms with van der Waals surface area (Å²) in [5, 5.41) is 0. The van der Waals surface area contributed by atoms with E-state index in [1.165, 1.54) is 0 Å². The molecule has 4 nitrogen and oxygen atoms in total. The molecule has 0 aliphatic heterocycles. The van der Waals surface area contributed by atoms with E-state index in [2.05, 4.69) is 13.8 Å². The normalized spacial score (nSPS) is 10.3. The molecule has 0 fully saturated rings. The van der Waals surface area contributed by atoms with Gasteiger partial charge in [-0.15, -0.1) is 0 Å². The second-order valence-electron chi connectivity index (χ2n) is 3.96. The van der Waals surface area contributed by atoms with Crippen LogP contribution < -0.4 is 0 Å². The molecule has 0 rings (SSSR count). The fourth-order valence-corrected chi connectivity index (χ4v) is 1.51. The molecule has 0 spiro atoms. The van der Waals surface area contributed by atoms with E-state index in [0.717, 1.165) is 25.7 Å². The Balaban J connectivity index is -0.000000295. The number of ether oxygens (including phenoxy) is 4. The van der Waals surface area contributed by atoms with Gasteiger partial charge in [-0.1, -0.05) is 0 Å². The van der Waals surface area contributed by atoms with Gasteiger partial charge in [0, 0.05) is 26.4 Å². The topological polar surface area (TPSA) is 36.9 Å². The zero-order chi connectivity index (χ0) is 15.6. The van der Waals surface area contributed by atoms with Gasteiger partial charge < -0.3 is 32.8 Å². The van der Waals surface area contributed by atoms with Crippen LogP contribution in [0, 0.1) is 13.8 Å². The molecule has 0 aromatic rings. The molecule has 0 bridgehead atoms. The minimum Gasteiger partial charge on any atom is -0.353 e. The standard InChI is InChI=1S/2C8H17O2.Zn/c2*1-4-7-8(9-5-2)10-6-3;/h2*8H,1,4-7H2,2-3H3;/q2*-1;+2. The van der Waals surface area contributed by atoms with E-state index < -0.39 is 0 Å². The first kappa shape index (κ1) is 26.4. The van der Waals surface area contributed by atoms with Crippen molar-refractivity contribution in [1.29, 1.82) is 0 Å². The van der Waals surface area contributed by atoms with Crippen LogP contribution in [0.2, 0.25) is 0 Å². The van der Waals surface area contributed by atoms with Crippen LogP contribution in [0.15, 0.2) is 0 Å². The molecule has 0 aliphatic carbocycles. The molecule has 0 N–H and O–H groups in total. The Morgan fingerprint density at radius 3 is 1.00 bits per heavy atom. The van der Waals surface area contributed by atoms with Gasteiger partial charge >= 0.3 is 19.5 Å². The fourth-order valence-electron chi connectivity index (χ4n) is 1.51. The molecular formula is C16H34O4Zn. The van der Waals surface area contributed by atoms with Crippen molar-refractivity contribution >= 4 is 0 Å². The van der Waals surface area contributed by atoms with Crippen LogP contribution in [-0.4, -0.2) is 39.0 Å². The van der Waals surface area contributed by atoms with E-state index in [4.69, 9.17) is 18.9 Å². The summed E-state index contributed by atoms with van der Waals surface area (Å²) >= 11 is 0. The summed E-state index contributed by atoms with van der Waals surface area (Å²) in [4.78, 5) is 0. The number of rotatable bonds is 12. The summed E-state index contributed by atoms with van der Waals surface area (Å²) < 4.78 is 21.0. The van der Waals surface area contributed by atoms with Crippen LogP contribution >= 0.6 is 0 Å². The Kier molecular flexibility index (Phi) is 28.5. The summed E-state index contributed by atoms with van der Waals surface area (Å²) in [6.45, 7) is 18.2. The molecule has 21 heavy (non-hydrogen) atoms. The van der Waals surface area contributed by atoms with Crippen LogP contribution in [-0.2, 0) is 38.4 Å². The molecule has 0 aromatic heterocycles. The van der Waals surface area contributed by atoms with Crippen molar-refractivity contribution in [2.24, 2.45) is 0 Å². The molecule has 0 amide bonds. The van der Waals surface area contributed by atoms with Gasteiger partial charge in [-0.25, -0.2) is 0 Å². The predicted octanol–water partition coefficient (Wildman–Crippen LogP) is 4.00. The van der Waals surface area contributed by atoms with Gasteiger partial charge in [0.25, 0.3) is 0 Å². The van der Waals surface area contributed by atoms with E-state index in [1.54, 1.807) is 0 Å². The average molecular weight is 356 g/mol. The van der Waals surface area contributed by atoms with Crippen molar-refractivity contribution < 1.29 is 38.4 Å². The molecule has 0 saturated heterocycles. The Hall–Kier alpha value is 0.463. The van der Waals surface area contributed by atoms with E-state index in [-0.39, 0.29) is 32.1 Å². The van der Waals surface area contributed by atoms with Crippen molar-refractivity contribution in [3.05, 3.63) is 13.8 Å². The van der Waals surface area contributed by atoms with Crippen molar-refractivity contribution in [2.75, 3.05) is 26.4 Å². The zero-order valence-corrected chi connectivity index (χ0v) is 17.5. The maximum Gasteiger partial charge on any atom is 2.00 e. The van der Waals surface area contributed by atoms with Gasteiger partial charge in [-0.2, -0.15) is 12.8 Å². The Morgan fingerprint density at radius 1 is 0.619 bits per heavy atom. The zero-order valence-electron chi connectivity index (χ0n) is 14.6. The fraction of sp³-hybridized carbons (Fsp3) is 0.875. The monoisotopic (exact) mass is 354 g/mol. The third kappa shape index (κ3) is 20.5. The Morgan fingerprint density at radius 2 is 0.857 bits per heavy atom. The Bertz CT molecular complexity index is 124. The van der Waals surface area contributed by atoms with Gasteiger partial charge in [0.15, 0.2) is 12.6 Å². The summed E-state index contributed by atoms with van der Waals surface area (Å²) in [7, 11) is 0. The largest absolute Gasteiger partial charge is 2.00 e. The molecule has 0 radical (unpaired) electrons. The minimum absolute atomic E-state index is 0. The quantitative estimate of drug-likeness (QED) is 0.301. The molecule has 0 atom stereocenters. The minimum atomic E-state index is -0.0347. The van der Waals surface area contributed by atoms with Gasteiger partial charge in [0.1, 0.15) is 0 Å². The second-order valence-corrected chi connectivity index (χ2v) is 3.96. The van der Waals surface area contributed by atoms with Gasteiger partial charge in [-0.05, 0) is 40.5 Å². The van der Waals surface area contributed by atoms with Crippen LogP contribution in [0.5, 0.6) is 0 Å². The SMILES string of the molecule is [CH2-]CCC(OCC)OCC.[CH2-]CCC(OCC)OCC.[Zn+2]. The van der Waals surface area contributed by atoms with E-state index >= 15 is 0 Å². The summed E-state index contributed by atoms with van der Waals surface area (Å²) in [5.41, 5.74) is 0. The van der Waals surface area contributed by atoms with Crippen molar-refractivity contribution in [3.8, 4) is 0 Å². The molecule has 0 unspecified atom stereocenters. The van der Waals surface area contributed by atoms with Crippen molar-refractivity contribution in [3.63, 3.8) is 0 Å². The van der Waals surface area contributed by atoms with Crippen LogP contribution in [0.4, 0.5) is 0 Å². The first-order chi connectivity index (χ1) is 9.69. The van der Waals surface area contributed by atoms with E-state index in [0.29, 0.717) is 26.4 Å². The predicted molar refractivity (Wildman–Crippen MR) is 83.3 cm³/mol. The first-order valence-electron chi connectivity index (χ1n) is 7.74. The molecule has 0 aliphatic rings. The first-order valence-corrected chi connectivity index (χ1v) is 7.74. The Labute approximate surface area is 145 Å². The third-order valence-corrected chi connectivity index (χ3v) is 2.29. The summed E-state index contributed by atoms with van der Waals surface area (Å²) in [6.07, 6.45) is 3.44.